The minimum atomic E-state index is -4.90. The van der Waals surface area contributed by atoms with Crippen LogP contribution in [0.5, 0.6) is 0 Å². The molecule has 0 aliphatic carbocycles. The lowest BCUT2D eigenvalue weighted by Gasteiger charge is -2.18. The number of carbonyl (C=O) groups is 2. The van der Waals surface area contributed by atoms with Gasteiger partial charge < -0.3 is 11.1 Å². The number of alkyl halides is 3. The first kappa shape index (κ1) is 26.6. The first-order valence-corrected chi connectivity index (χ1v) is 12.3. The topological polar surface area (TPSA) is 114 Å². The number of thiazole rings is 1. The molecule has 1 aromatic carbocycles. The number of ketones is 1. The Morgan fingerprint density at radius 3 is 2.62 bits per heavy atom. The summed E-state index contributed by atoms with van der Waals surface area (Å²) in [5, 5.41) is 2.82. The van der Waals surface area contributed by atoms with Gasteiger partial charge in [-0.05, 0) is 44.1 Å². The first-order valence-electron chi connectivity index (χ1n) is 11.5. The van der Waals surface area contributed by atoms with Crippen molar-refractivity contribution in [1.29, 1.82) is 0 Å². The number of rotatable bonds is 8. The van der Waals surface area contributed by atoms with Gasteiger partial charge in [0.05, 0.1) is 16.8 Å². The lowest BCUT2D eigenvalue weighted by molar-refractivity contribution is -0.139. The van der Waals surface area contributed by atoms with Crippen LogP contribution in [0.4, 0.5) is 29.1 Å². The van der Waals surface area contributed by atoms with Crippen LogP contribution < -0.4 is 11.1 Å². The van der Waals surface area contributed by atoms with E-state index in [9.17, 15) is 27.2 Å². The van der Waals surface area contributed by atoms with Gasteiger partial charge in [0.2, 0.25) is 0 Å². The fraction of sp³-hybridized carbons (Fsp3) is 0.375. The Labute approximate surface area is 213 Å². The minimum absolute atomic E-state index is 0.0604. The maximum absolute atomic E-state index is 13.5. The van der Waals surface area contributed by atoms with Gasteiger partial charge in [-0.2, -0.15) is 13.2 Å². The van der Waals surface area contributed by atoms with Gasteiger partial charge in [0.15, 0.2) is 5.78 Å². The standard InChI is InChI=1S/C24H24F4N6O2S/c1-13(8-18(35)20-15(21(29)32-12-31-20)11-34-6-2-3-7-34)23-30-10-19(37-23)22(36)33-14-4-5-17(25)16(9-14)24(26,27)28/h4-5,9-10,12-13H,2-3,6-8,11H2,1H3,(H,33,36)(H2,29,31,32). The predicted octanol–water partition coefficient (Wildman–Crippen LogP) is 4.90. The number of nitrogen functional groups attached to an aromatic ring is 1. The highest BCUT2D eigenvalue weighted by molar-refractivity contribution is 7.13. The highest BCUT2D eigenvalue weighted by Crippen LogP contribution is 2.33. The third-order valence-corrected chi connectivity index (χ3v) is 7.24. The number of hydrogen-bond donors (Lipinski definition) is 2. The molecular formula is C24H24F4N6O2S. The Morgan fingerprint density at radius 2 is 1.92 bits per heavy atom. The van der Waals surface area contributed by atoms with Crippen molar-refractivity contribution in [1.82, 2.24) is 19.9 Å². The van der Waals surface area contributed by atoms with Crippen molar-refractivity contribution in [2.75, 3.05) is 24.1 Å². The molecule has 1 amide bonds. The number of benzene rings is 1. The Kier molecular flexibility index (Phi) is 7.83. The fourth-order valence-corrected chi connectivity index (χ4v) is 4.95. The number of halogens is 4. The van der Waals surface area contributed by atoms with Gasteiger partial charge in [0.1, 0.15) is 28.5 Å². The molecule has 3 N–H and O–H groups in total. The third-order valence-electron chi connectivity index (χ3n) is 6.01. The molecule has 1 aliphatic heterocycles. The molecule has 0 bridgehead atoms. The Bertz CT molecular complexity index is 1310. The largest absolute Gasteiger partial charge is 0.419 e. The number of Topliss-reactive ketones (excluding diaryl/α,β-unsaturated/α-hetero) is 1. The molecule has 13 heteroatoms. The van der Waals surface area contributed by atoms with Gasteiger partial charge >= 0.3 is 6.18 Å². The van der Waals surface area contributed by atoms with Crippen LogP contribution in [0.15, 0.2) is 30.7 Å². The summed E-state index contributed by atoms with van der Waals surface area (Å²) < 4.78 is 52.4. The van der Waals surface area contributed by atoms with Crippen LogP contribution >= 0.6 is 11.3 Å². The maximum atomic E-state index is 13.5. The molecule has 1 atom stereocenters. The summed E-state index contributed by atoms with van der Waals surface area (Å²) in [6, 6.07) is 2.21. The molecule has 8 nitrogen and oxygen atoms in total. The first-order chi connectivity index (χ1) is 17.5. The molecule has 0 spiro atoms. The van der Waals surface area contributed by atoms with E-state index in [0.29, 0.717) is 29.2 Å². The average molecular weight is 537 g/mol. The summed E-state index contributed by atoms with van der Waals surface area (Å²) in [5.74, 6) is -2.46. The van der Waals surface area contributed by atoms with E-state index in [2.05, 4.69) is 25.2 Å². The molecular weight excluding hydrogens is 512 g/mol. The van der Waals surface area contributed by atoms with E-state index in [1.807, 2.05) is 0 Å². The highest BCUT2D eigenvalue weighted by atomic mass is 32.1. The van der Waals surface area contributed by atoms with Gasteiger partial charge in [0, 0.05) is 30.1 Å². The van der Waals surface area contributed by atoms with Gasteiger partial charge in [-0.15, -0.1) is 11.3 Å². The monoisotopic (exact) mass is 536 g/mol. The number of likely N-dealkylation sites (tertiary alicyclic amines) is 1. The number of carbonyl (C=O) groups excluding carboxylic acids is 2. The van der Waals surface area contributed by atoms with Crippen LogP contribution in [0, 0.1) is 5.82 Å². The number of nitrogens with two attached hydrogens (primary N) is 1. The summed E-state index contributed by atoms with van der Waals surface area (Å²) in [5.41, 5.74) is 5.23. The summed E-state index contributed by atoms with van der Waals surface area (Å²) in [6.45, 7) is 4.09. The summed E-state index contributed by atoms with van der Waals surface area (Å²) in [7, 11) is 0. The zero-order valence-electron chi connectivity index (χ0n) is 19.8. The van der Waals surface area contributed by atoms with Gasteiger partial charge in [-0.3, -0.25) is 14.5 Å². The molecule has 37 heavy (non-hydrogen) atoms. The Balaban J connectivity index is 1.44. The van der Waals surface area contributed by atoms with E-state index in [1.165, 1.54) is 12.5 Å². The lowest BCUT2D eigenvalue weighted by atomic mass is 10.0. The van der Waals surface area contributed by atoms with Crippen molar-refractivity contribution < 1.29 is 27.2 Å². The summed E-state index contributed by atoms with van der Waals surface area (Å²) in [6.07, 6.45) is -0.132. The van der Waals surface area contributed by atoms with E-state index in [0.717, 1.165) is 43.3 Å². The number of anilines is 2. The minimum Gasteiger partial charge on any atom is -0.383 e. The number of hydrogen-bond acceptors (Lipinski definition) is 8. The zero-order valence-corrected chi connectivity index (χ0v) is 20.6. The summed E-state index contributed by atoms with van der Waals surface area (Å²) in [4.78, 5) is 40.4. The molecule has 1 aliphatic rings. The van der Waals surface area contributed by atoms with Gasteiger partial charge in [-0.25, -0.2) is 19.3 Å². The zero-order chi connectivity index (χ0) is 26.7. The average Bonchev–Trinajstić information content (AvgIpc) is 3.53. The van der Waals surface area contributed by atoms with Crippen LogP contribution in [0.25, 0.3) is 0 Å². The van der Waals surface area contributed by atoms with Crippen LogP contribution in [-0.2, 0) is 12.7 Å². The predicted molar refractivity (Wildman–Crippen MR) is 130 cm³/mol. The van der Waals surface area contributed by atoms with Crippen molar-refractivity contribution in [2.24, 2.45) is 0 Å². The normalized spacial score (nSPS) is 15.1. The van der Waals surface area contributed by atoms with Gasteiger partial charge in [-0.1, -0.05) is 6.92 Å². The Hall–Kier alpha value is -3.45. The summed E-state index contributed by atoms with van der Waals surface area (Å²) >= 11 is 1.01. The van der Waals surface area contributed by atoms with Crippen molar-refractivity contribution in [2.45, 2.75) is 44.8 Å². The van der Waals surface area contributed by atoms with E-state index in [4.69, 9.17) is 5.73 Å². The van der Waals surface area contributed by atoms with E-state index >= 15 is 0 Å². The fourth-order valence-electron chi connectivity index (χ4n) is 4.08. The van der Waals surface area contributed by atoms with Crippen LogP contribution in [0.2, 0.25) is 0 Å². The molecule has 0 saturated carbocycles. The van der Waals surface area contributed by atoms with Crippen LogP contribution in [0.3, 0.4) is 0 Å². The van der Waals surface area contributed by atoms with Crippen molar-refractivity contribution in [3.63, 3.8) is 0 Å². The number of aromatic nitrogens is 3. The molecule has 4 rings (SSSR count). The van der Waals surface area contributed by atoms with Crippen LogP contribution in [0.1, 0.15) is 68.4 Å². The maximum Gasteiger partial charge on any atom is 0.419 e. The second-order valence-corrected chi connectivity index (χ2v) is 9.87. The second kappa shape index (κ2) is 10.9. The molecule has 0 radical (unpaired) electrons. The van der Waals surface area contributed by atoms with Crippen molar-refractivity contribution in [3.05, 3.63) is 63.2 Å². The highest BCUT2D eigenvalue weighted by Gasteiger charge is 2.34. The molecule has 2 aromatic heterocycles. The third kappa shape index (κ3) is 6.28. The van der Waals surface area contributed by atoms with E-state index in [1.54, 1.807) is 6.92 Å². The van der Waals surface area contributed by atoms with Crippen LogP contribution in [-0.4, -0.2) is 44.6 Å². The quantitative estimate of drug-likeness (QED) is 0.311. The second-order valence-electron chi connectivity index (χ2n) is 8.81. The van der Waals surface area contributed by atoms with Crippen molar-refractivity contribution >= 4 is 34.5 Å². The Morgan fingerprint density at radius 1 is 1.19 bits per heavy atom. The van der Waals surface area contributed by atoms with Crippen molar-refractivity contribution in [3.8, 4) is 0 Å². The van der Waals surface area contributed by atoms with Gasteiger partial charge in [0.25, 0.3) is 5.91 Å². The number of nitrogens with one attached hydrogen (secondary N) is 1. The molecule has 196 valence electrons. The molecule has 1 fully saturated rings. The van der Waals surface area contributed by atoms with E-state index < -0.39 is 23.5 Å². The SMILES string of the molecule is CC(CC(=O)c1ncnc(N)c1CN1CCCC1)c1ncc(C(=O)Nc2ccc(F)c(C(F)(F)F)c2)s1. The lowest BCUT2D eigenvalue weighted by Crippen LogP contribution is -2.23. The molecule has 3 aromatic rings. The molecule has 1 saturated heterocycles. The van der Waals surface area contributed by atoms with E-state index in [-0.39, 0.29) is 40.2 Å². The molecule has 3 heterocycles. The number of nitrogens with zero attached hydrogens (tertiary/aromatic N) is 4. The smallest absolute Gasteiger partial charge is 0.383 e. The molecule has 1 unspecified atom stereocenters. The number of amides is 1.